The van der Waals surface area contributed by atoms with E-state index in [1.165, 1.54) is 0 Å². The number of hydrogen-bond donors (Lipinski definition) is 6. The van der Waals surface area contributed by atoms with Crippen LogP contribution < -0.4 is 21.7 Å². The third-order valence-electron chi connectivity index (χ3n) is 7.48. The van der Waals surface area contributed by atoms with Gasteiger partial charge in [-0.1, -0.05) is 82.6 Å². The summed E-state index contributed by atoms with van der Waals surface area (Å²) in [5.74, 6) is -2.98. The van der Waals surface area contributed by atoms with Gasteiger partial charge < -0.3 is 31.8 Å². The molecule has 3 rings (SSSR count). The number of nitrogens with two attached hydrogens (primary N) is 1. The Morgan fingerprint density at radius 1 is 0.833 bits per heavy atom. The maximum absolute atomic E-state index is 13.5. The van der Waals surface area contributed by atoms with Crippen molar-refractivity contribution < 1.29 is 24.3 Å². The van der Waals surface area contributed by atoms with Crippen molar-refractivity contribution >= 4 is 34.6 Å². The van der Waals surface area contributed by atoms with Crippen molar-refractivity contribution in [1.29, 1.82) is 0 Å². The number of H-pyrrole nitrogens is 1. The number of aliphatic carboxylic acids is 1. The van der Waals surface area contributed by atoms with Gasteiger partial charge in [0.15, 0.2) is 0 Å². The summed E-state index contributed by atoms with van der Waals surface area (Å²) in [6.07, 6.45) is 3.00. The molecule has 0 spiro atoms. The van der Waals surface area contributed by atoms with Gasteiger partial charge in [-0.25, -0.2) is 4.79 Å². The van der Waals surface area contributed by atoms with Gasteiger partial charge >= 0.3 is 5.97 Å². The molecular formula is C32H43N5O5. The Morgan fingerprint density at radius 2 is 1.48 bits per heavy atom. The molecule has 0 bridgehead atoms. The third kappa shape index (κ3) is 8.91. The van der Waals surface area contributed by atoms with Gasteiger partial charge in [0.05, 0.1) is 6.04 Å². The number of para-hydroxylation sites is 1. The first-order valence-corrected chi connectivity index (χ1v) is 14.5. The van der Waals surface area contributed by atoms with Gasteiger partial charge in [-0.15, -0.1) is 0 Å². The topological polar surface area (TPSA) is 166 Å². The molecular weight excluding hydrogens is 534 g/mol. The van der Waals surface area contributed by atoms with Crippen LogP contribution in [0.4, 0.5) is 0 Å². The summed E-state index contributed by atoms with van der Waals surface area (Å²) in [4.78, 5) is 55.2. The summed E-state index contributed by atoms with van der Waals surface area (Å²) in [7, 11) is 0. The normalized spacial score (nSPS) is 14.9. The SMILES string of the molecule is CC[C@H](C)[C@H](NC(=O)[C@@H](N)Cc1ccccc1)C(=O)N[C@@H](CC(C)C)C(=O)N[C@@H](Cc1c[nH]c2ccccc12)C(=O)O. The Hall–Kier alpha value is -4.18. The molecule has 5 atom stereocenters. The molecule has 42 heavy (non-hydrogen) atoms. The minimum absolute atomic E-state index is 0.0221. The molecule has 0 saturated carbocycles. The molecule has 7 N–H and O–H groups in total. The lowest BCUT2D eigenvalue weighted by Gasteiger charge is -2.28. The van der Waals surface area contributed by atoms with Crippen molar-refractivity contribution in [1.82, 2.24) is 20.9 Å². The Morgan fingerprint density at radius 3 is 2.12 bits per heavy atom. The first kappa shape index (κ1) is 32.3. The number of hydrogen-bond acceptors (Lipinski definition) is 5. The predicted octanol–water partition coefficient (Wildman–Crippen LogP) is 2.91. The van der Waals surface area contributed by atoms with Crippen molar-refractivity contribution in [2.24, 2.45) is 17.6 Å². The molecule has 0 radical (unpaired) electrons. The molecule has 1 heterocycles. The molecule has 10 nitrogen and oxygen atoms in total. The number of amides is 3. The van der Waals surface area contributed by atoms with Gasteiger partial charge in [-0.05, 0) is 41.9 Å². The minimum Gasteiger partial charge on any atom is -0.480 e. The fraction of sp³-hybridized carbons (Fsp3) is 0.438. The Labute approximate surface area is 246 Å². The molecule has 0 aliphatic carbocycles. The highest BCUT2D eigenvalue weighted by Crippen LogP contribution is 2.19. The van der Waals surface area contributed by atoms with E-state index in [1.54, 1.807) is 6.20 Å². The van der Waals surface area contributed by atoms with Crippen molar-refractivity contribution in [2.75, 3.05) is 0 Å². The van der Waals surface area contributed by atoms with Gasteiger partial charge in [-0.3, -0.25) is 14.4 Å². The largest absolute Gasteiger partial charge is 0.480 e. The van der Waals surface area contributed by atoms with Crippen LogP contribution in [0.2, 0.25) is 0 Å². The fourth-order valence-electron chi connectivity index (χ4n) is 4.88. The number of rotatable bonds is 15. The lowest BCUT2D eigenvalue weighted by Crippen LogP contribution is -2.59. The van der Waals surface area contributed by atoms with E-state index in [1.807, 2.05) is 82.3 Å². The summed E-state index contributed by atoms with van der Waals surface area (Å²) in [6.45, 7) is 7.56. The van der Waals surface area contributed by atoms with Crippen molar-refractivity contribution in [3.05, 3.63) is 71.9 Å². The van der Waals surface area contributed by atoms with Crippen LogP contribution in [0, 0.1) is 11.8 Å². The highest BCUT2D eigenvalue weighted by Gasteiger charge is 2.33. The fourth-order valence-corrected chi connectivity index (χ4v) is 4.88. The number of carboxylic acid groups (broad SMARTS) is 1. The third-order valence-corrected chi connectivity index (χ3v) is 7.48. The van der Waals surface area contributed by atoms with Crippen molar-refractivity contribution in [3.8, 4) is 0 Å². The van der Waals surface area contributed by atoms with E-state index in [-0.39, 0.29) is 24.7 Å². The van der Waals surface area contributed by atoms with Crippen molar-refractivity contribution in [2.45, 2.75) is 77.5 Å². The quantitative estimate of drug-likeness (QED) is 0.162. The summed E-state index contributed by atoms with van der Waals surface area (Å²) in [5, 5.41) is 19.0. The average Bonchev–Trinajstić information content (AvgIpc) is 3.37. The maximum Gasteiger partial charge on any atom is 0.326 e. The maximum atomic E-state index is 13.5. The molecule has 0 unspecified atom stereocenters. The zero-order chi connectivity index (χ0) is 30.8. The molecule has 0 saturated heterocycles. The van der Waals surface area contributed by atoms with Crippen LogP contribution in [-0.2, 0) is 32.0 Å². The predicted molar refractivity (Wildman–Crippen MR) is 162 cm³/mol. The standard InChI is InChI=1S/C32H43N5O5/c1-5-20(4)28(37-29(38)24(33)16-21-11-7-6-8-12-21)31(40)35-26(15-19(2)3)30(39)36-27(32(41)42)17-22-18-34-25-14-10-9-13-23(22)25/h6-14,18-20,24,26-28,34H,5,15-17,33H2,1-4H3,(H,35,40)(H,36,39)(H,37,38)(H,41,42)/t20-,24-,26-,27-,28-/m0/s1. The average molecular weight is 578 g/mol. The second kappa shape index (κ2) is 15.2. The summed E-state index contributed by atoms with van der Waals surface area (Å²) in [6, 6.07) is 12.9. The van der Waals surface area contributed by atoms with E-state index < -0.39 is 47.9 Å². The van der Waals surface area contributed by atoms with Gasteiger partial charge in [0.25, 0.3) is 0 Å². The molecule has 0 aliphatic rings. The van der Waals surface area contributed by atoms with Gasteiger partial charge in [0.1, 0.15) is 18.1 Å². The van der Waals surface area contributed by atoms with E-state index in [2.05, 4.69) is 20.9 Å². The lowest BCUT2D eigenvalue weighted by atomic mass is 9.96. The van der Waals surface area contributed by atoms with Crippen LogP contribution in [0.3, 0.4) is 0 Å². The number of carboxylic acids is 1. The molecule has 3 aromatic rings. The summed E-state index contributed by atoms with van der Waals surface area (Å²) < 4.78 is 0. The highest BCUT2D eigenvalue weighted by atomic mass is 16.4. The molecule has 2 aromatic carbocycles. The lowest BCUT2D eigenvalue weighted by molar-refractivity contribution is -0.142. The molecule has 1 aromatic heterocycles. The van der Waals surface area contributed by atoms with Crippen LogP contribution in [0.1, 0.15) is 51.7 Å². The number of fused-ring (bicyclic) bond motifs is 1. The van der Waals surface area contributed by atoms with Crippen LogP contribution in [0.25, 0.3) is 10.9 Å². The summed E-state index contributed by atoms with van der Waals surface area (Å²) >= 11 is 0. The number of nitrogens with one attached hydrogen (secondary N) is 4. The van der Waals surface area contributed by atoms with Crippen LogP contribution >= 0.6 is 0 Å². The molecule has 0 aliphatic heterocycles. The zero-order valence-corrected chi connectivity index (χ0v) is 24.7. The Bertz CT molecular complexity index is 1360. The van der Waals surface area contributed by atoms with E-state index in [4.69, 9.17) is 5.73 Å². The van der Waals surface area contributed by atoms with E-state index >= 15 is 0 Å². The second-order valence-corrected chi connectivity index (χ2v) is 11.3. The Kier molecular flexibility index (Phi) is 11.7. The van der Waals surface area contributed by atoms with E-state index in [0.29, 0.717) is 12.8 Å². The number of aromatic nitrogens is 1. The molecule has 3 amide bonds. The zero-order valence-electron chi connectivity index (χ0n) is 24.7. The number of carbonyl (C=O) groups excluding carboxylic acids is 3. The highest BCUT2D eigenvalue weighted by molar-refractivity contribution is 5.94. The minimum atomic E-state index is -1.20. The number of benzene rings is 2. The molecule has 0 fully saturated rings. The second-order valence-electron chi connectivity index (χ2n) is 11.3. The van der Waals surface area contributed by atoms with Gasteiger partial charge in [0, 0.05) is 23.5 Å². The number of aromatic amines is 1. The van der Waals surface area contributed by atoms with Crippen molar-refractivity contribution in [3.63, 3.8) is 0 Å². The van der Waals surface area contributed by atoms with E-state index in [9.17, 15) is 24.3 Å². The van der Waals surface area contributed by atoms with Crippen LogP contribution in [0.15, 0.2) is 60.8 Å². The first-order valence-electron chi connectivity index (χ1n) is 14.5. The first-order chi connectivity index (χ1) is 20.0. The van der Waals surface area contributed by atoms with Gasteiger partial charge in [-0.2, -0.15) is 0 Å². The van der Waals surface area contributed by atoms with E-state index in [0.717, 1.165) is 22.0 Å². The smallest absolute Gasteiger partial charge is 0.326 e. The van der Waals surface area contributed by atoms with Crippen LogP contribution in [-0.4, -0.2) is 57.9 Å². The van der Waals surface area contributed by atoms with Gasteiger partial charge in [0.2, 0.25) is 17.7 Å². The molecule has 10 heteroatoms. The summed E-state index contributed by atoms with van der Waals surface area (Å²) in [5.41, 5.74) is 8.69. The molecule has 226 valence electrons. The van der Waals surface area contributed by atoms with Crippen LogP contribution in [0.5, 0.6) is 0 Å². The monoisotopic (exact) mass is 577 g/mol. The number of carbonyl (C=O) groups is 4. The Balaban J connectivity index is 1.72.